The van der Waals surface area contributed by atoms with E-state index in [-0.39, 0.29) is 6.61 Å². The summed E-state index contributed by atoms with van der Waals surface area (Å²) >= 11 is 0. The van der Waals surface area contributed by atoms with Crippen LogP contribution in [0.3, 0.4) is 0 Å². The summed E-state index contributed by atoms with van der Waals surface area (Å²) in [7, 11) is -4.38. The van der Waals surface area contributed by atoms with Gasteiger partial charge in [-0.05, 0) is 6.42 Å². The van der Waals surface area contributed by atoms with Crippen molar-refractivity contribution in [3.63, 3.8) is 0 Å². The highest BCUT2D eigenvalue weighted by Crippen LogP contribution is 2.43. The lowest BCUT2D eigenvalue weighted by Gasteiger charge is -2.16. The average Bonchev–Trinajstić information content (AvgIpc) is 2.80. The molecule has 0 aromatic heterocycles. The summed E-state index contributed by atoms with van der Waals surface area (Å²) in [6.45, 7) is 1.27. The lowest BCUT2D eigenvalue weighted by molar-refractivity contribution is -0.00437. The van der Waals surface area contributed by atoms with Gasteiger partial charge in [0.1, 0.15) is 12.2 Å². The van der Waals surface area contributed by atoms with Crippen LogP contribution in [0.15, 0.2) is 0 Å². The number of aliphatic hydroxyl groups excluding tert-OH is 3. The maximum Gasteiger partial charge on any atom is 0.472 e. The number of phosphoric ester groups is 1. The number of aliphatic hydroxyl groups is 3. The van der Waals surface area contributed by atoms with Gasteiger partial charge in [-0.25, -0.2) is 4.57 Å². The van der Waals surface area contributed by atoms with E-state index < -0.39 is 39.9 Å². The van der Waals surface area contributed by atoms with Crippen LogP contribution in [0.1, 0.15) is 110 Å². The van der Waals surface area contributed by atoms with Gasteiger partial charge in [-0.2, -0.15) is 0 Å². The Balaban J connectivity index is 3.33. The maximum atomic E-state index is 11.5. The van der Waals surface area contributed by atoms with Crippen molar-refractivity contribution in [3.8, 4) is 0 Å². The zero-order valence-corrected chi connectivity index (χ0v) is 21.8. The summed E-state index contributed by atoms with van der Waals surface area (Å²) < 4.78 is 26.1. The topological polar surface area (TPSA) is 126 Å². The highest BCUT2D eigenvalue weighted by molar-refractivity contribution is 7.47. The maximum absolute atomic E-state index is 11.5. The monoisotopic (exact) mass is 498 g/mol. The summed E-state index contributed by atoms with van der Waals surface area (Å²) in [5, 5.41) is 27.5. The predicted octanol–water partition coefficient (Wildman–Crippen LogP) is 5.11. The third kappa shape index (κ3) is 24.9. The van der Waals surface area contributed by atoms with E-state index in [1.165, 1.54) is 89.9 Å². The SMILES string of the molecule is CCCCCCCCCCCCCCCCCCOC[C@@H](O)COP(=O)(O)OC[C@@H](O)CO. The molecule has 0 saturated heterocycles. The van der Waals surface area contributed by atoms with Gasteiger partial charge in [0.15, 0.2) is 0 Å². The lowest BCUT2D eigenvalue weighted by atomic mass is 10.0. The molecule has 0 radical (unpaired) electrons. The van der Waals surface area contributed by atoms with Crippen LogP contribution < -0.4 is 0 Å². The first-order chi connectivity index (χ1) is 15.9. The average molecular weight is 499 g/mol. The molecule has 3 atom stereocenters. The molecule has 200 valence electrons. The summed E-state index contributed by atoms with van der Waals surface area (Å²) in [5.41, 5.74) is 0. The molecule has 33 heavy (non-hydrogen) atoms. The molecule has 0 heterocycles. The van der Waals surface area contributed by atoms with E-state index >= 15 is 0 Å². The molecule has 0 aromatic carbocycles. The molecule has 4 N–H and O–H groups in total. The standard InChI is InChI=1S/C24H51O8P/c1-2-3-4-5-6-7-8-9-10-11-12-13-14-15-16-17-18-30-20-24(27)22-32-33(28,29)31-21-23(26)19-25/h23-27H,2-22H2,1H3,(H,28,29)/t23-,24+/m0/s1. The molecule has 0 bridgehead atoms. The molecular weight excluding hydrogens is 447 g/mol. The van der Waals surface area contributed by atoms with Crippen molar-refractivity contribution in [1.82, 2.24) is 0 Å². The molecule has 0 fully saturated rings. The van der Waals surface area contributed by atoms with Crippen LogP contribution in [-0.2, 0) is 18.3 Å². The van der Waals surface area contributed by atoms with Crippen LogP contribution >= 0.6 is 7.82 Å². The second-order valence-corrected chi connectivity index (χ2v) is 10.4. The van der Waals surface area contributed by atoms with Crippen molar-refractivity contribution >= 4 is 7.82 Å². The van der Waals surface area contributed by atoms with E-state index in [0.717, 1.165) is 12.8 Å². The number of hydrogen-bond donors (Lipinski definition) is 4. The zero-order valence-electron chi connectivity index (χ0n) is 20.9. The highest BCUT2D eigenvalue weighted by atomic mass is 31.2. The molecule has 0 aromatic rings. The van der Waals surface area contributed by atoms with E-state index in [2.05, 4.69) is 16.0 Å². The van der Waals surface area contributed by atoms with Crippen LogP contribution in [-0.4, -0.2) is 65.5 Å². The molecule has 1 unspecified atom stereocenters. The minimum Gasteiger partial charge on any atom is -0.394 e. The molecule has 0 aliphatic rings. The first-order valence-electron chi connectivity index (χ1n) is 13.1. The van der Waals surface area contributed by atoms with Gasteiger partial charge in [0, 0.05) is 6.61 Å². The lowest BCUT2D eigenvalue weighted by Crippen LogP contribution is -2.23. The predicted molar refractivity (Wildman–Crippen MR) is 131 cm³/mol. The fourth-order valence-electron chi connectivity index (χ4n) is 3.47. The minimum atomic E-state index is -4.38. The summed E-state index contributed by atoms with van der Waals surface area (Å²) in [4.78, 5) is 9.40. The van der Waals surface area contributed by atoms with Gasteiger partial charge in [-0.15, -0.1) is 0 Å². The van der Waals surface area contributed by atoms with Crippen LogP contribution in [0, 0.1) is 0 Å². The van der Waals surface area contributed by atoms with Crippen molar-refractivity contribution in [3.05, 3.63) is 0 Å². The Bertz CT molecular complexity index is 452. The van der Waals surface area contributed by atoms with Crippen LogP contribution in [0.5, 0.6) is 0 Å². The van der Waals surface area contributed by atoms with Crippen LogP contribution in [0.25, 0.3) is 0 Å². The van der Waals surface area contributed by atoms with Gasteiger partial charge in [-0.1, -0.05) is 103 Å². The molecule has 0 aliphatic carbocycles. The molecule has 0 amide bonds. The molecule has 0 saturated carbocycles. The minimum absolute atomic E-state index is 0.0119. The number of ether oxygens (including phenoxy) is 1. The highest BCUT2D eigenvalue weighted by Gasteiger charge is 2.24. The van der Waals surface area contributed by atoms with Crippen molar-refractivity contribution in [2.45, 2.75) is 122 Å². The third-order valence-electron chi connectivity index (χ3n) is 5.52. The first-order valence-corrected chi connectivity index (χ1v) is 14.6. The van der Waals surface area contributed by atoms with Crippen LogP contribution in [0.2, 0.25) is 0 Å². The van der Waals surface area contributed by atoms with Gasteiger partial charge in [-0.3, -0.25) is 9.05 Å². The second-order valence-electron chi connectivity index (χ2n) is 8.93. The number of unbranched alkanes of at least 4 members (excludes halogenated alkanes) is 15. The van der Waals surface area contributed by atoms with E-state index in [4.69, 9.17) is 14.9 Å². The van der Waals surface area contributed by atoms with E-state index in [9.17, 15) is 14.6 Å². The molecular formula is C24H51O8P. The van der Waals surface area contributed by atoms with E-state index in [1.807, 2.05) is 0 Å². The quantitative estimate of drug-likeness (QED) is 0.0957. The molecule has 0 spiro atoms. The van der Waals surface area contributed by atoms with Crippen LogP contribution in [0.4, 0.5) is 0 Å². The first kappa shape index (κ1) is 33.0. The van der Waals surface area contributed by atoms with E-state index in [1.54, 1.807) is 0 Å². The van der Waals surface area contributed by atoms with Gasteiger partial charge in [0.25, 0.3) is 0 Å². The Labute approximate surface area is 201 Å². The van der Waals surface area contributed by atoms with Gasteiger partial charge in [0.05, 0.1) is 26.4 Å². The van der Waals surface area contributed by atoms with Gasteiger partial charge >= 0.3 is 7.82 Å². The summed E-state index contributed by atoms with van der Waals surface area (Å²) in [6, 6.07) is 0. The van der Waals surface area contributed by atoms with Gasteiger partial charge < -0.3 is 24.9 Å². The number of phosphoric acid groups is 1. The Kier molecular flexibility index (Phi) is 23.6. The number of hydrogen-bond acceptors (Lipinski definition) is 7. The fourth-order valence-corrected chi connectivity index (χ4v) is 4.27. The Morgan fingerprint density at radius 2 is 1.03 bits per heavy atom. The zero-order chi connectivity index (χ0) is 24.6. The van der Waals surface area contributed by atoms with Crippen molar-refractivity contribution < 1.29 is 38.6 Å². The van der Waals surface area contributed by atoms with Crippen molar-refractivity contribution in [2.24, 2.45) is 0 Å². The molecule has 8 nitrogen and oxygen atoms in total. The number of rotatable bonds is 26. The van der Waals surface area contributed by atoms with Gasteiger partial charge in [0.2, 0.25) is 0 Å². The molecule has 0 aliphatic heterocycles. The van der Waals surface area contributed by atoms with Crippen molar-refractivity contribution in [2.75, 3.05) is 33.0 Å². The largest absolute Gasteiger partial charge is 0.472 e. The normalized spacial score (nSPS) is 15.4. The molecule has 0 rings (SSSR count). The fraction of sp³-hybridized carbons (Fsp3) is 1.00. The smallest absolute Gasteiger partial charge is 0.394 e. The third-order valence-corrected chi connectivity index (χ3v) is 6.47. The molecule has 9 heteroatoms. The van der Waals surface area contributed by atoms with Crippen molar-refractivity contribution in [1.29, 1.82) is 0 Å². The Hall–Kier alpha value is -0.0500. The summed E-state index contributed by atoms with van der Waals surface area (Å²) in [6.07, 6.45) is 18.6. The Morgan fingerprint density at radius 3 is 1.45 bits per heavy atom. The second kappa shape index (κ2) is 23.7. The Morgan fingerprint density at radius 1 is 0.636 bits per heavy atom. The van der Waals surface area contributed by atoms with E-state index in [0.29, 0.717) is 6.61 Å². The summed E-state index contributed by atoms with van der Waals surface area (Å²) in [5.74, 6) is 0.